The molecule has 2 heterocycles. The largest absolute Gasteiger partial charge is 0.345 e. The van der Waals surface area contributed by atoms with E-state index in [1.165, 1.54) is 41.7 Å². The van der Waals surface area contributed by atoms with Gasteiger partial charge in [-0.1, -0.05) is 23.5 Å². The molecule has 27 heavy (non-hydrogen) atoms. The van der Waals surface area contributed by atoms with Crippen molar-refractivity contribution in [2.24, 2.45) is 0 Å². The second-order valence-electron chi connectivity index (χ2n) is 5.92. The van der Waals surface area contributed by atoms with Gasteiger partial charge in [0.2, 0.25) is 10.0 Å². The smallest absolute Gasteiger partial charge is 0.286 e. The molecule has 0 atom stereocenters. The van der Waals surface area contributed by atoms with Crippen molar-refractivity contribution in [2.75, 3.05) is 31.1 Å². The highest BCUT2D eigenvalue weighted by Gasteiger charge is 2.29. The number of nitrogens with one attached hydrogen (secondary N) is 1. The zero-order chi connectivity index (χ0) is 19.6. The number of nitrogens with zero attached hydrogens (tertiary/aromatic N) is 3. The van der Waals surface area contributed by atoms with Gasteiger partial charge >= 0.3 is 0 Å². The van der Waals surface area contributed by atoms with Crippen LogP contribution in [-0.4, -0.2) is 60.8 Å². The number of rotatable bonds is 5. The Kier molecular flexibility index (Phi) is 5.56. The van der Waals surface area contributed by atoms with E-state index < -0.39 is 15.9 Å². The van der Waals surface area contributed by atoms with Crippen LogP contribution in [-0.2, 0) is 10.0 Å². The number of piperazine rings is 1. The number of amides is 1. The summed E-state index contributed by atoms with van der Waals surface area (Å²) in [5.41, 5.74) is 2.02. The quantitative estimate of drug-likeness (QED) is 0.428. The number of ketones is 1. The van der Waals surface area contributed by atoms with E-state index >= 15 is 0 Å². The van der Waals surface area contributed by atoms with Crippen LogP contribution < -0.4 is 10.4 Å². The summed E-state index contributed by atoms with van der Waals surface area (Å²) in [5.74, 6) is -0.751. The number of anilines is 1. The summed E-state index contributed by atoms with van der Waals surface area (Å²) in [4.78, 5) is 29.2. The maximum absolute atomic E-state index is 12.8. The number of carbonyl (C=O) groups is 2. The lowest BCUT2D eigenvalue weighted by atomic mass is 10.2. The molecule has 1 aliphatic rings. The number of hydrogen-bond donors (Lipinski definition) is 2. The molecule has 1 amide bonds. The standard InChI is InChI=1S/C16H18N4O5S2/c1-11(21)12-2-4-13(5-3-12)27(24,25)20-8-6-19(7-9-20)16-17-10-14(26-16)15(22)18-23/h2-5,10,23H,6-9H2,1H3,(H,18,22). The molecule has 0 radical (unpaired) electrons. The third kappa shape index (κ3) is 4.00. The fraction of sp³-hybridized carbons (Fsp3) is 0.312. The minimum absolute atomic E-state index is 0.120. The summed E-state index contributed by atoms with van der Waals surface area (Å²) in [5, 5.41) is 9.26. The van der Waals surface area contributed by atoms with Gasteiger partial charge in [-0.25, -0.2) is 18.9 Å². The third-order valence-electron chi connectivity index (χ3n) is 4.23. The molecule has 1 aromatic carbocycles. The van der Waals surface area contributed by atoms with Gasteiger partial charge in [-0.3, -0.25) is 14.8 Å². The van der Waals surface area contributed by atoms with Crippen LogP contribution in [0.3, 0.4) is 0 Å². The number of hydroxylamine groups is 1. The van der Waals surface area contributed by atoms with Crippen molar-refractivity contribution in [3.63, 3.8) is 0 Å². The number of sulfonamides is 1. The zero-order valence-electron chi connectivity index (χ0n) is 14.5. The van der Waals surface area contributed by atoms with Crippen molar-refractivity contribution in [3.8, 4) is 0 Å². The van der Waals surface area contributed by atoms with E-state index in [0.29, 0.717) is 23.8 Å². The number of carbonyl (C=O) groups excluding carboxylic acids is 2. The third-order valence-corrected chi connectivity index (χ3v) is 7.20. The Morgan fingerprint density at radius 3 is 2.33 bits per heavy atom. The van der Waals surface area contributed by atoms with Gasteiger partial charge in [0.05, 0.1) is 11.1 Å². The average molecular weight is 410 g/mol. The van der Waals surface area contributed by atoms with Crippen LogP contribution in [0.4, 0.5) is 5.13 Å². The maximum Gasteiger partial charge on any atom is 0.286 e. The van der Waals surface area contributed by atoms with Crippen LogP contribution in [0.15, 0.2) is 35.4 Å². The molecule has 2 N–H and O–H groups in total. The van der Waals surface area contributed by atoms with Gasteiger partial charge in [0.25, 0.3) is 5.91 Å². The zero-order valence-corrected chi connectivity index (χ0v) is 16.1. The van der Waals surface area contributed by atoms with E-state index in [-0.39, 0.29) is 28.6 Å². The molecule has 11 heteroatoms. The molecular formula is C16H18N4O5S2. The summed E-state index contributed by atoms with van der Waals surface area (Å²) in [6, 6.07) is 5.90. The number of thiazole rings is 1. The molecule has 9 nitrogen and oxygen atoms in total. The number of Topliss-reactive ketones (excluding diaryl/α,β-unsaturated/α-hetero) is 1. The van der Waals surface area contributed by atoms with Crippen molar-refractivity contribution in [1.82, 2.24) is 14.8 Å². The molecule has 0 saturated carbocycles. The van der Waals surface area contributed by atoms with Crippen molar-refractivity contribution in [2.45, 2.75) is 11.8 Å². The molecule has 0 aliphatic carbocycles. The lowest BCUT2D eigenvalue weighted by Crippen LogP contribution is -2.48. The van der Waals surface area contributed by atoms with Gasteiger partial charge in [0.1, 0.15) is 4.88 Å². The van der Waals surface area contributed by atoms with Gasteiger partial charge in [-0.15, -0.1) is 0 Å². The molecule has 1 aromatic heterocycles. The topological polar surface area (TPSA) is 120 Å². The first-order chi connectivity index (χ1) is 12.8. The van der Waals surface area contributed by atoms with E-state index in [4.69, 9.17) is 5.21 Å². The first-order valence-electron chi connectivity index (χ1n) is 8.09. The molecule has 1 fully saturated rings. The Labute approximate surface area is 160 Å². The molecule has 0 bridgehead atoms. The van der Waals surface area contributed by atoms with Crippen LogP contribution in [0.25, 0.3) is 0 Å². The van der Waals surface area contributed by atoms with Crippen LogP contribution >= 0.6 is 11.3 Å². The van der Waals surface area contributed by atoms with E-state index in [0.717, 1.165) is 11.3 Å². The molecular weight excluding hydrogens is 392 g/mol. The van der Waals surface area contributed by atoms with E-state index in [9.17, 15) is 18.0 Å². The lowest BCUT2D eigenvalue weighted by molar-refractivity contribution is 0.0710. The highest BCUT2D eigenvalue weighted by Crippen LogP contribution is 2.25. The fourth-order valence-electron chi connectivity index (χ4n) is 2.70. The predicted octanol–water partition coefficient (Wildman–Crippen LogP) is 0.976. The van der Waals surface area contributed by atoms with Gasteiger partial charge in [0, 0.05) is 31.7 Å². The Morgan fingerprint density at radius 2 is 1.78 bits per heavy atom. The second kappa shape index (κ2) is 7.72. The summed E-state index contributed by atoms with van der Waals surface area (Å²) >= 11 is 1.12. The van der Waals surface area contributed by atoms with Gasteiger partial charge in [-0.2, -0.15) is 4.31 Å². The first-order valence-corrected chi connectivity index (χ1v) is 10.3. The predicted molar refractivity (Wildman–Crippen MR) is 98.8 cm³/mol. The number of hydrogen-bond acceptors (Lipinski definition) is 8. The summed E-state index contributed by atoms with van der Waals surface area (Å²) in [6.45, 7) is 2.84. The van der Waals surface area contributed by atoms with Crippen LogP contribution in [0.5, 0.6) is 0 Å². The summed E-state index contributed by atoms with van der Waals surface area (Å²) < 4.78 is 26.9. The van der Waals surface area contributed by atoms with Crippen LogP contribution in [0.1, 0.15) is 27.0 Å². The Hall–Kier alpha value is -2.34. The first kappa shape index (κ1) is 19.4. The van der Waals surface area contributed by atoms with E-state index in [1.807, 2.05) is 4.90 Å². The molecule has 0 spiro atoms. The highest BCUT2D eigenvalue weighted by molar-refractivity contribution is 7.89. The number of benzene rings is 1. The fourth-order valence-corrected chi connectivity index (χ4v) is 4.98. The van der Waals surface area contributed by atoms with Gasteiger partial charge in [0.15, 0.2) is 10.9 Å². The highest BCUT2D eigenvalue weighted by atomic mass is 32.2. The monoisotopic (exact) mass is 410 g/mol. The Balaban J connectivity index is 1.68. The normalized spacial score (nSPS) is 15.6. The van der Waals surface area contributed by atoms with Gasteiger partial charge < -0.3 is 4.90 Å². The van der Waals surface area contributed by atoms with Crippen LogP contribution in [0.2, 0.25) is 0 Å². The minimum Gasteiger partial charge on any atom is -0.345 e. The van der Waals surface area contributed by atoms with E-state index in [1.54, 1.807) is 5.48 Å². The molecule has 1 saturated heterocycles. The minimum atomic E-state index is -3.64. The Bertz CT molecular complexity index is 947. The number of aromatic nitrogens is 1. The molecule has 1 aliphatic heterocycles. The summed E-state index contributed by atoms with van der Waals surface area (Å²) in [7, 11) is -3.64. The second-order valence-corrected chi connectivity index (χ2v) is 8.87. The maximum atomic E-state index is 12.8. The molecule has 3 rings (SSSR count). The lowest BCUT2D eigenvalue weighted by Gasteiger charge is -2.33. The van der Waals surface area contributed by atoms with Crippen molar-refractivity contribution < 1.29 is 23.2 Å². The molecule has 2 aromatic rings. The van der Waals surface area contributed by atoms with Crippen LogP contribution in [0, 0.1) is 0 Å². The Morgan fingerprint density at radius 1 is 1.15 bits per heavy atom. The summed E-state index contributed by atoms with van der Waals surface area (Å²) in [6.07, 6.45) is 1.37. The molecule has 144 valence electrons. The van der Waals surface area contributed by atoms with Crippen molar-refractivity contribution in [3.05, 3.63) is 40.9 Å². The van der Waals surface area contributed by atoms with E-state index in [2.05, 4.69) is 4.98 Å². The van der Waals surface area contributed by atoms with Gasteiger partial charge in [-0.05, 0) is 19.1 Å². The van der Waals surface area contributed by atoms with Crippen molar-refractivity contribution in [1.29, 1.82) is 0 Å². The average Bonchev–Trinajstić information content (AvgIpc) is 3.17. The molecule has 0 unspecified atom stereocenters. The SMILES string of the molecule is CC(=O)c1ccc(S(=O)(=O)N2CCN(c3ncc(C(=O)NO)s3)CC2)cc1. The van der Waals surface area contributed by atoms with Crippen molar-refractivity contribution >= 4 is 38.2 Å².